The summed E-state index contributed by atoms with van der Waals surface area (Å²) in [5.74, 6) is -0.994. The summed E-state index contributed by atoms with van der Waals surface area (Å²) in [5.41, 5.74) is 2.87. The first-order valence-electron chi connectivity index (χ1n) is 8.85. The summed E-state index contributed by atoms with van der Waals surface area (Å²) in [6.07, 6.45) is 4.22. The Bertz CT molecular complexity index is 970. The number of rotatable bonds is 7. The molecule has 0 fully saturated rings. The normalized spacial score (nSPS) is 10.5. The van der Waals surface area contributed by atoms with Gasteiger partial charge >= 0.3 is 5.97 Å². The molecule has 0 saturated carbocycles. The Kier molecular flexibility index (Phi) is 6.49. The lowest BCUT2D eigenvalue weighted by molar-refractivity contribution is -0.119. The van der Waals surface area contributed by atoms with Crippen LogP contribution in [-0.4, -0.2) is 34.3 Å². The number of aromatic nitrogens is 2. The van der Waals surface area contributed by atoms with Gasteiger partial charge in [0.2, 0.25) is 0 Å². The minimum atomic E-state index is -0.603. The maximum absolute atomic E-state index is 12.6. The molecule has 0 aliphatic rings. The van der Waals surface area contributed by atoms with Crippen molar-refractivity contribution in [2.75, 3.05) is 18.2 Å². The molecule has 0 aliphatic carbocycles. The average Bonchev–Trinajstić information content (AvgIpc) is 3.17. The van der Waals surface area contributed by atoms with Crippen LogP contribution in [0.5, 0.6) is 0 Å². The number of benzene rings is 2. The maximum atomic E-state index is 12.6. The predicted molar refractivity (Wildman–Crippen MR) is 110 cm³/mol. The highest BCUT2D eigenvalue weighted by atomic mass is 32.2. The van der Waals surface area contributed by atoms with Gasteiger partial charge < -0.3 is 10.1 Å². The number of anilines is 1. The van der Waals surface area contributed by atoms with Gasteiger partial charge in [0, 0.05) is 11.4 Å². The number of aryl methyl sites for hydroxylation is 1. The van der Waals surface area contributed by atoms with E-state index in [-0.39, 0.29) is 12.3 Å². The van der Waals surface area contributed by atoms with Crippen LogP contribution in [0.25, 0.3) is 5.69 Å². The van der Waals surface area contributed by atoms with Gasteiger partial charge in [-0.05, 0) is 42.5 Å². The standard InChI is InChI=1S/C21H21N3O3S/c1-3-15-8-7-9-16(12-15)23-19(25)14-27-20(26)18-13-22-21(28-2)24(18)17-10-5-4-6-11-17/h4-13H,3,14H2,1-2H3,(H,23,25). The average molecular weight is 395 g/mol. The molecule has 0 radical (unpaired) electrons. The Morgan fingerprint density at radius 1 is 1.14 bits per heavy atom. The number of imidazole rings is 1. The third-order valence-corrected chi connectivity index (χ3v) is 4.74. The number of thioether (sulfide) groups is 1. The Labute approximate surface area is 167 Å². The SMILES string of the molecule is CCc1cccc(NC(=O)COC(=O)c2cnc(SC)n2-c2ccccc2)c1. The molecule has 0 spiro atoms. The summed E-state index contributed by atoms with van der Waals surface area (Å²) in [7, 11) is 0. The van der Waals surface area contributed by atoms with Gasteiger partial charge in [-0.15, -0.1) is 0 Å². The van der Waals surface area contributed by atoms with E-state index >= 15 is 0 Å². The van der Waals surface area contributed by atoms with Gasteiger partial charge in [0.15, 0.2) is 17.5 Å². The highest BCUT2D eigenvalue weighted by Crippen LogP contribution is 2.22. The van der Waals surface area contributed by atoms with Crippen molar-refractivity contribution in [3.05, 3.63) is 72.1 Å². The summed E-state index contributed by atoms with van der Waals surface area (Å²) in [4.78, 5) is 29.0. The van der Waals surface area contributed by atoms with Crippen LogP contribution < -0.4 is 5.32 Å². The summed E-state index contributed by atoms with van der Waals surface area (Å²) in [6.45, 7) is 1.67. The summed E-state index contributed by atoms with van der Waals surface area (Å²) < 4.78 is 6.94. The lowest BCUT2D eigenvalue weighted by Gasteiger charge is -2.11. The van der Waals surface area contributed by atoms with Crippen molar-refractivity contribution in [1.29, 1.82) is 0 Å². The Balaban J connectivity index is 1.68. The molecule has 1 amide bonds. The van der Waals surface area contributed by atoms with E-state index < -0.39 is 11.9 Å². The molecule has 28 heavy (non-hydrogen) atoms. The Morgan fingerprint density at radius 3 is 2.64 bits per heavy atom. The van der Waals surface area contributed by atoms with Gasteiger partial charge in [0.25, 0.3) is 5.91 Å². The van der Waals surface area contributed by atoms with Gasteiger partial charge in [-0.25, -0.2) is 9.78 Å². The second-order valence-electron chi connectivity index (χ2n) is 5.98. The van der Waals surface area contributed by atoms with Crippen LogP contribution in [0.3, 0.4) is 0 Å². The highest BCUT2D eigenvalue weighted by molar-refractivity contribution is 7.98. The molecule has 3 rings (SSSR count). The lowest BCUT2D eigenvalue weighted by Crippen LogP contribution is -2.22. The molecule has 7 heteroatoms. The van der Waals surface area contributed by atoms with Crippen molar-refractivity contribution >= 4 is 29.3 Å². The number of amides is 1. The molecule has 0 unspecified atom stereocenters. The van der Waals surface area contributed by atoms with Gasteiger partial charge in [0.05, 0.1) is 6.20 Å². The fraction of sp³-hybridized carbons (Fsp3) is 0.190. The number of nitrogens with zero attached hydrogens (tertiary/aromatic N) is 2. The zero-order valence-corrected chi connectivity index (χ0v) is 16.5. The number of hydrogen-bond acceptors (Lipinski definition) is 5. The van der Waals surface area contributed by atoms with Crippen molar-refractivity contribution in [2.45, 2.75) is 18.5 Å². The molecule has 0 saturated heterocycles. The minimum Gasteiger partial charge on any atom is -0.451 e. The molecule has 0 aliphatic heterocycles. The van der Waals surface area contributed by atoms with Crippen molar-refractivity contribution in [3.8, 4) is 5.69 Å². The predicted octanol–water partition coefficient (Wildman–Crippen LogP) is 3.95. The largest absolute Gasteiger partial charge is 0.451 e. The van der Waals surface area contributed by atoms with E-state index in [0.717, 1.165) is 17.7 Å². The van der Waals surface area contributed by atoms with Crippen LogP contribution >= 0.6 is 11.8 Å². The first-order valence-corrected chi connectivity index (χ1v) is 10.1. The molecule has 144 valence electrons. The maximum Gasteiger partial charge on any atom is 0.357 e. The minimum absolute atomic E-state index is 0.274. The monoisotopic (exact) mass is 395 g/mol. The molecular weight excluding hydrogens is 374 g/mol. The summed E-state index contributed by atoms with van der Waals surface area (Å²) in [5, 5.41) is 3.41. The molecule has 3 aromatic rings. The van der Waals surface area contributed by atoms with Crippen LogP contribution in [0.4, 0.5) is 5.69 Å². The Hall–Kier alpha value is -3.06. The number of para-hydroxylation sites is 1. The van der Waals surface area contributed by atoms with Crippen molar-refractivity contribution < 1.29 is 14.3 Å². The van der Waals surface area contributed by atoms with Crippen LogP contribution in [0.2, 0.25) is 0 Å². The van der Waals surface area contributed by atoms with Crippen LogP contribution in [0.15, 0.2) is 66.0 Å². The van der Waals surface area contributed by atoms with Crippen LogP contribution in [0, 0.1) is 0 Å². The number of hydrogen-bond donors (Lipinski definition) is 1. The van der Waals surface area contributed by atoms with Crippen molar-refractivity contribution in [2.24, 2.45) is 0 Å². The number of esters is 1. The van der Waals surface area contributed by atoms with Crippen LogP contribution in [-0.2, 0) is 16.0 Å². The molecule has 1 aromatic heterocycles. The smallest absolute Gasteiger partial charge is 0.357 e. The van der Waals surface area contributed by atoms with Gasteiger partial charge in [-0.1, -0.05) is 49.0 Å². The van der Waals surface area contributed by atoms with Gasteiger partial charge in [0.1, 0.15) is 0 Å². The molecule has 2 aromatic carbocycles. The quantitative estimate of drug-likeness (QED) is 0.484. The van der Waals surface area contributed by atoms with E-state index in [4.69, 9.17) is 4.74 Å². The first kappa shape index (κ1) is 19.7. The number of nitrogens with one attached hydrogen (secondary N) is 1. The van der Waals surface area contributed by atoms with Crippen molar-refractivity contribution in [1.82, 2.24) is 9.55 Å². The summed E-state index contributed by atoms with van der Waals surface area (Å²) >= 11 is 1.42. The molecular formula is C21H21N3O3S. The summed E-state index contributed by atoms with van der Waals surface area (Å²) in [6, 6.07) is 17.0. The van der Waals surface area contributed by atoms with Crippen LogP contribution in [0.1, 0.15) is 23.0 Å². The van der Waals surface area contributed by atoms with Gasteiger partial charge in [-0.3, -0.25) is 9.36 Å². The number of carbonyl (C=O) groups is 2. The zero-order chi connectivity index (χ0) is 19.9. The second-order valence-corrected chi connectivity index (χ2v) is 6.75. The van der Waals surface area contributed by atoms with E-state index in [1.165, 1.54) is 18.0 Å². The zero-order valence-electron chi connectivity index (χ0n) is 15.7. The van der Waals surface area contributed by atoms with E-state index in [1.54, 1.807) is 10.6 Å². The van der Waals surface area contributed by atoms with E-state index in [1.807, 2.05) is 61.7 Å². The number of ether oxygens (including phenoxy) is 1. The fourth-order valence-electron chi connectivity index (χ4n) is 2.72. The topological polar surface area (TPSA) is 73.2 Å². The van der Waals surface area contributed by atoms with E-state index in [2.05, 4.69) is 10.3 Å². The third kappa shape index (κ3) is 4.61. The third-order valence-electron chi connectivity index (χ3n) is 4.09. The van der Waals surface area contributed by atoms with Crippen molar-refractivity contribution in [3.63, 3.8) is 0 Å². The molecule has 1 N–H and O–H groups in total. The number of carbonyl (C=O) groups excluding carboxylic acids is 2. The second kappa shape index (κ2) is 9.23. The first-order chi connectivity index (χ1) is 13.6. The molecule has 1 heterocycles. The Morgan fingerprint density at radius 2 is 1.93 bits per heavy atom. The van der Waals surface area contributed by atoms with E-state index in [9.17, 15) is 9.59 Å². The fourth-order valence-corrected chi connectivity index (χ4v) is 3.27. The lowest BCUT2D eigenvalue weighted by atomic mass is 10.1. The van der Waals surface area contributed by atoms with E-state index in [0.29, 0.717) is 10.8 Å². The highest BCUT2D eigenvalue weighted by Gasteiger charge is 2.19. The molecule has 0 bridgehead atoms. The molecule has 0 atom stereocenters. The molecule has 6 nitrogen and oxygen atoms in total. The van der Waals surface area contributed by atoms with Gasteiger partial charge in [-0.2, -0.15) is 0 Å².